The van der Waals surface area contributed by atoms with E-state index in [1.807, 2.05) is 0 Å². The van der Waals surface area contributed by atoms with E-state index in [2.05, 4.69) is 6.58 Å². The van der Waals surface area contributed by atoms with Gasteiger partial charge in [-0.25, -0.2) is 0 Å². The molecular weight excluding hydrogens is 373 g/mol. The Morgan fingerprint density at radius 1 is 1.14 bits per heavy atom. The average Bonchev–Trinajstić information content (AvgIpc) is 2.90. The molecule has 1 aliphatic carbocycles. The zero-order chi connectivity index (χ0) is 20.5. The minimum Gasteiger partial charge on any atom is -0.326 e. The predicted molar refractivity (Wildman–Crippen MR) is 96.0 cm³/mol. The topological polar surface area (TPSA) is 57.7 Å². The van der Waals surface area contributed by atoms with Gasteiger partial charge in [0.25, 0.3) is 17.7 Å². The summed E-state index contributed by atoms with van der Waals surface area (Å²) in [4.78, 5) is 39.9. The molecular formula is C20H21F3N2O3. The lowest BCUT2D eigenvalue weighted by Crippen LogP contribution is -2.40. The maximum Gasteiger partial charge on any atom is 0.406 e. The fourth-order valence-corrected chi connectivity index (χ4v) is 3.84. The van der Waals surface area contributed by atoms with Gasteiger partial charge in [0, 0.05) is 18.2 Å². The smallest absolute Gasteiger partial charge is 0.326 e. The van der Waals surface area contributed by atoms with Crippen molar-refractivity contribution in [2.75, 3.05) is 13.1 Å². The van der Waals surface area contributed by atoms with Crippen LogP contribution in [0.5, 0.6) is 0 Å². The number of alkyl halides is 3. The molecule has 3 rings (SSSR count). The summed E-state index contributed by atoms with van der Waals surface area (Å²) in [7, 11) is 0. The molecule has 28 heavy (non-hydrogen) atoms. The van der Waals surface area contributed by atoms with E-state index >= 15 is 0 Å². The molecule has 0 unspecified atom stereocenters. The summed E-state index contributed by atoms with van der Waals surface area (Å²) in [5.41, 5.74) is 0.210. The highest BCUT2D eigenvalue weighted by molar-refractivity contribution is 6.22. The van der Waals surface area contributed by atoms with Gasteiger partial charge in [-0.05, 0) is 31.0 Å². The van der Waals surface area contributed by atoms with Gasteiger partial charge >= 0.3 is 6.18 Å². The Morgan fingerprint density at radius 3 is 2.39 bits per heavy atom. The van der Waals surface area contributed by atoms with Crippen LogP contribution in [0.3, 0.4) is 0 Å². The maximum atomic E-state index is 12.8. The third-order valence-electron chi connectivity index (χ3n) is 5.11. The van der Waals surface area contributed by atoms with Gasteiger partial charge in [0.2, 0.25) is 0 Å². The van der Waals surface area contributed by atoms with Crippen molar-refractivity contribution in [1.82, 2.24) is 9.80 Å². The number of imide groups is 1. The Balaban J connectivity index is 1.87. The second-order valence-electron chi connectivity index (χ2n) is 7.12. The van der Waals surface area contributed by atoms with E-state index < -0.39 is 30.4 Å². The Labute approximate surface area is 160 Å². The zero-order valence-electron chi connectivity index (χ0n) is 15.3. The van der Waals surface area contributed by atoms with Gasteiger partial charge in [0.15, 0.2) is 0 Å². The second-order valence-corrected chi connectivity index (χ2v) is 7.12. The van der Waals surface area contributed by atoms with Crippen LogP contribution >= 0.6 is 0 Å². The molecule has 3 amide bonds. The normalized spacial score (nSPS) is 17.6. The standard InChI is InChI=1S/C20H21F3N2O3/c1-2-10-24(12-20(21,22)23)17(26)13-8-9-15-16(11-13)19(28)25(18(15)27)14-6-4-3-5-7-14/h2,8-9,11,14H,1,3-7,10,12H2. The highest BCUT2D eigenvalue weighted by Crippen LogP contribution is 2.31. The highest BCUT2D eigenvalue weighted by atomic mass is 19.4. The van der Waals surface area contributed by atoms with Crippen molar-refractivity contribution in [2.45, 2.75) is 44.3 Å². The summed E-state index contributed by atoms with van der Waals surface area (Å²) in [5, 5.41) is 0. The van der Waals surface area contributed by atoms with Crippen LogP contribution in [0.1, 0.15) is 63.2 Å². The number of hydrogen-bond donors (Lipinski definition) is 0. The third kappa shape index (κ3) is 3.95. The lowest BCUT2D eigenvalue weighted by molar-refractivity contribution is -0.139. The number of halogens is 3. The van der Waals surface area contributed by atoms with Crippen LogP contribution in [0.25, 0.3) is 0 Å². The van der Waals surface area contributed by atoms with E-state index in [1.165, 1.54) is 29.2 Å². The van der Waals surface area contributed by atoms with Crippen molar-refractivity contribution in [3.05, 3.63) is 47.5 Å². The van der Waals surface area contributed by atoms with Crippen LogP contribution < -0.4 is 0 Å². The monoisotopic (exact) mass is 394 g/mol. The summed E-state index contributed by atoms with van der Waals surface area (Å²) >= 11 is 0. The molecule has 0 bridgehead atoms. The van der Waals surface area contributed by atoms with Crippen LogP contribution in [0, 0.1) is 0 Å². The number of nitrogens with zero attached hydrogens (tertiary/aromatic N) is 2. The van der Waals surface area contributed by atoms with Crippen LogP contribution in [0.2, 0.25) is 0 Å². The summed E-state index contributed by atoms with van der Waals surface area (Å²) in [6.45, 7) is 1.68. The fourth-order valence-electron chi connectivity index (χ4n) is 3.84. The lowest BCUT2D eigenvalue weighted by atomic mass is 9.94. The summed E-state index contributed by atoms with van der Waals surface area (Å²) < 4.78 is 38.3. The first kappa shape index (κ1) is 20.1. The SMILES string of the molecule is C=CCN(CC(F)(F)F)C(=O)c1ccc2c(c1)C(=O)N(C1CCCCC1)C2=O. The molecule has 1 saturated carbocycles. The maximum absolute atomic E-state index is 12.8. The first-order valence-corrected chi connectivity index (χ1v) is 9.22. The first-order valence-electron chi connectivity index (χ1n) is 9.22. The van der Waals surface area contributed by atoms with Gasteiger partial charge in [-0.3, -0.25) is 19.3 Å². The third-order valence-corrected chi connectivity index (χ3v) is 5.11. The number of fused-ring (bicyclic) bond motifs is 1. The van der Waals surface area contributed by atoms with E-state index in [0.29, 0.717) is 4.90 Å². The largest absolute Gasteiger partial charge is 0.406 e. The first-order chi connectivity index (χ1) is 13.2. The predicted octanol–water partition coefficient (Wildman–Crippen LogP) is 3.81. The van der Waals surface area contributed by atoms with Crippen molar-refractivity contribution in [2.24, 2.45) is 0 Å². The quantitative estimate of drug-likeness (QED) is 0.564. The van der Waals surface area contributed by atoms with Gasteiger partial charge in [-0.1, -0.05) is 25.3 Å². The number of rotatable bonds is 5. The van der Waals surface area contributed by atoms with E-state index in [0.717, 1.165) is 32.1 Å². The van der Waals surface area contributed by atoms with Crippen LogP contribution in [-0.2, 0) is 0 Å². The highest BCUT2D eigenvalue weighted by Gasteiger charge is 2.41. The molecule has 0 spiro atoms. The number of amides is 3. The van der Waals surface area contributed by atoms with E-state index in [4.69, 9.17) is 0 Å². The van der Waals surface area contributed by atoms with Crippen molar-refractivity contribution >= 4 is 17.7 Å². The van der Waals surface area contributed by atoms with Crippen molar-refractivity contribution in [3.63, 3.8) is 0 Å². The molecule has 1 heterocycles. The minimum absolute atomic E-state index is 0.0588. The molecule has 8 heteroatoms. The molecule has 0 aromatic heterocycles. The molecule has 1 aromatic rings. The van der Waals surface area contributed by atoms with Gasteiger partial charge in [-0.15, -0.1) is 6.58 Å². The Kier molecular flexibility index (Phi) is 5.58. The van der Waals surface area contributed by atoms with E-state index in [1.54, 1.807) is 0 Å². The molecule has 1 aromatic carbocycles. The van der Waals surface area contributed by atoms with E-state index in [-0.39, 0.29) is 29.3 Å². The summed E-state index contributed by atoms with van der Waals surface area (Å²) in [6, 6.07) is 3.71. The fraction of sp³-hybridized carbons (Fsp3) is 0.450. The van der Waals surface area contributed by atoms with Crippen molar-refractivity contribution in [3.8, 4) is 0 Å². The van der Waals surface area contributed by atoms with Gasteiger partial charge in [-0.2, -0.15) is 13.2 Å². The Morgan fingerprint density at radius 2 is 1.79 bits per heavy atom. The lowest BCUT2D eigenvalue weighted by Gasteiger charge is -2.29. The van der Waals surface area contributed by atoms with Gasteiger partial charge < -0.3 is 4.90 Å². The molecule has 1 fully saturated rings. The average molecular weight is 394 g/mol. The second kappa shape index (κ2) is 7.77. The Hall–Kier alpha value is -2.64. The van der Waals surface area contributed by atoms with Crippen LogP contribution in [0.15, 0.2) is 30.9 Å². The number of carbonyl (C=O) groups is 3. The molecule has 0 N–H and O–H groups in total. The van der Waals surface area contributed by atoms with E-state index in [9.17, 15) is 27.6 Å². The molecule has 0 saturated heterocycles. The Bertz CT molecular complexity index is 813. The summed E-state index contributed by atoms with van der Waals surface area (Å²) in [6.07, 6.45) is 1.09. The minimum atomic E-state index is -4.56. The number of hydrogen-bond acceptors (Lipinski definition) is 3. The van der Waals surface area contributed by atoms with Crippen molar-refractivity contribution < 1.29 is 27.6 Å². The molecule has 0 radical (unpaired) electrons. The zero-order valence-corrected chi connectivity index (χ0v) is 15.3. The number of carbonyl (C=O) groups excluding carboxylic acids is 3. The van der Waals surface area contributed by atoms with Gasteiger partial charge in [0.1, 0.15) is 6.54 Å². The van der Waals surface area contributed by atoms with Crippen molar-refractivity contribution in [1.29, 1.82) is 0 Å². The molecule has 5 nitrogen and oxygen atoms in total. The molecule has 0 atom stereocenters. The van der Waals surface area contributed by atoms with Gasteiger partial charge in [0.05, 0.1) is 11.1 Å². The molecule has 2 aliphatic rings. The number of benzene rings is 1. The van der Waals surface area contributed by atoms with Crippen LogP contribution in [-0.4, -0.2) is 52.8 Å². The van der Waals surface area contributed by atoms with Crippen LogP contribution in [0.4, 0.5) is 13.2 Å². The molecule has 150 valence electrons. The summed E-state index contributed by atoms with van der Waals surface area (Å²) in [5.74, 6) is -1.74. The molecule has 1 aliphatic heterocycles.